The van der Waals surface area contributed by atoms with Crippen LogP contribution in [0.2, 0.25) is 0 Å². The van der Waals surface area contributed by atoms with Gasteiger partial charge in [0.05, 0.1) is 0 Å². The molecular weight excluding hydrogens is 214 g/mol. The molecule has 0 aromatic heterocycles. The van der Waals surface area contributed by atoms with E-state index in [-0.39, 0.29) is 5.91 Å². The average molecular weight is 239 g/mol. The molecule has 0 aliphatic carbocycles. The molecule has 2 bridgehead atoms. The Kier molecular flexibility index (Phi) is 3.46. The van der Waals surface area contributed by atoms with E-state index in [9.17, 15) is 4.79 Å². The van der Waals surface area contributed by atoms with Crippen LogP contribution in [0, 0.1) is 0 Å². The fourth-order valence-electron chi connectivity index (χ4n) is 3.43. The van der Waals surface area contributed by atoms with Crippen LogP contribution in [0.25, 0.3) is 0 Å². The minimum atomic E-state index is -0.465. The van der Waals surface area contributed by atoms with E-state index in [2.05, 4.69) is 31.1 Å². The number of rotatable bonds is 4. The molecule has 4 heteroatoms. The molecule has 4 nitrogen and oxygen atoms in total. The molecule has 98 valence electrons. The lowest BCUT2D eigenvalue weighted by atomic mass is 9.81. The van der Waals surface area contributed by atoms with Crippen molar-refractivity contribution in [1.82, 2.24) is 10.2 Å². The summed E-state index contributed by atoms with van der Waals surface area (Å²) in [6, 6.07) is 1.40. The number of nitrogens with two attached hydrogens (primary N) is 1. The predicted molar refractivity (Wildman–Crippen MR) is 68.6 cm³/mol. The average Bonchev–Trinajstić information content (AvgIpc) is 2.53. The Bertz CT molecular complexity index is 291. The van der Waals surface area contributed by atoms with Crippen molar-refractivity contribution >= 4 is 5.91 Å². The highest BCUT2D eigenvalue weighted by Crippen LogP contribution is 2.39. The summed E-state index contributed by atoms with van der Waals surface area (Å²) in [5, 5.41) is 3.50. The van der Waals surface area contributed by atoms with Gasteiger partial charge in [0.2, 0.25) is 5.91 Å². The number of primary amides is 1. The van der Waals surface area contributed by atoms with Gasteiger partial charge in [0, 0.05) is 18.1 Å². The van der Waals surface area contributed by atoms with Gasteiger partial charge >= 0.3 is 0 Å². The summed E-state index contributed by atoms with van der Waals surface area (Å²) < 4.78 is 0. The van der Waals surface area contributed by atoms with Crippen LogP contribution in [0.4, 0.5) is 0 Å². The fourth-order valence-corrected chi connectivity index (χ4v) is 3.43. The molecule has 2 heterocycles. The molecule has 0 saturated carbocycles. The maximum atomic E-state index is 11.9. The third kappa shape index (κ3) is 2.20. The molecule has 0 radical (unpaired) electrons. The summed E-state index contributed by atoms with van der Waals surface area (Å²) in [5.74, 6) is -0.164. The quantitative estimate of drug-likeness (QED) is 0.765. The van der Waals surface area contributed by atoms with Gasteiger partial charge in [-0.25, -0.2) is 0 Å². The molecule has 2 aliphatic rings. The van der Waals surface area contributed by atoms with Crippen molar-refractivity contribution in [3.05, 3.63) is 0 Å². The van der Waals surface area contributed by atoms with Crippen molar-refractivity contribution in [1.29, 1.82) is 0 Å². The predicted octanol–water partition coefficient (Wildman–Crippen LogP) is 0.855. The smallest absolute Gasteiger partial charge is 0.237 e. The number of carbonyl (C=O) groups excluding carboxylic acids is 1. The minimum absolute atomic E-state index is 0.164. The Morgan fingerprint density at radius 3 is 2.41 bits per heavy atom. The largest absolute Gasteiger partial charge is 0.368 e. The molecule has 0 spiro atoms. The van der Waals surface area contributed by atoms with E-state index in [0.717, 1.165) is 19.3 Å². The van der Waals surface area contributed by atoms with Crippen molar-refractivity contribution in [3.8, 4) is 0 Å². The number of hydrogen-bond acceptors (Lipinski definition) is 3. The van der Waals surface area contributed by atoms with E-state index in [1.54, 1.807) is 0 Å². The van der Waals surface area contributed by atoms with E-state index in [0.29, 0.717) is 18.1 Å². The normalized spacial score (nSPS) is 39.2. The lowest BCUT2D eigenvalue weighted by Gasteiger charge is -2.45. The molecular formula is C13H25N3O. The second-order valence-corrected chi connectivity index (χ2v) is 5.86. The third-order valence-corrected chi connectivity index (χ3v) is 4.76. The van der Waals surface area contributed by atoms with Gasteiger partial charge in [0.15, 0.2) is 0 Å². The first-order chi connectivity index (χ1) is 7.98. The lowest BCUT2D eigenvalue weighted by Crippen LogP contribution is -2.64. The third-order valence-electron chi connectivity index (χ3n) is 4.76. The van der Waals surface area contributed by atoms with E-state index in [4.69, 9.17) is 5.73 Å². The molecule has 1 amide bonds. The zero-order valence-corrected chi connectivity index (χ0v) is 11.2. The number of nitrogens with zero attached hydrogens (tertiary/aromatic N) is 1. The maximum absolute atomic E-state index is 11.9. The van der Waals surface area contributed by atoms with E-state index >= 15 is 0 Å². The summed E-state index contributed by atoms with van der Waals surface area (Å²) in [4.78, 5) is 14.3. The number of carbonyl (C=O) groups is 1. The van der Waals surface area contributed by atoms with Crippen LogP contribution in [0.15, 0.2) is 0 Å². The van der Waals surface area contributed by atoms with Crippen LogP contribution in [0.3, 0.4) is 0 Å². The summed E-state index contributed by atoms with van der Waals surface area (Å²) >= 11 is 0. The van der Waals surface area contributed by atoms with Crippen molar-refractivity contribution in [2.75, 3.05) is 7.05 Å². The van der Waals surface area contributed by atoms with Gasteiger partial charge in [0.1, 0.15) is 5.54 Å². The van der Waals surface area contributed by atoms with Gasteiger partial charge < -0.3 is 16.0 Å². The topological polar surface area (TPSA) is 58.4 Å². The lowest BCUT2D eigenvalue weighted by molar-refractivity contribution is -0.128. The monoisotopic (exact) mass is 239 g/mol. The van der Waals surface area contributed by atoms with Gasteiger partial charge in [0.25, 0.3) is 0 Å². The number of fused-ring (bicyclic) bond motifs is 2. The zero-order valence-electron chi connectivity index (χ0n) is 11.2. The molecule has 3 atom stereocenters. The Hall–Kier alpha value is -0.610. The molecule has 2 saturated heterocycles. The second-order valence-electron chi connectivity index (χ2n) is 5.86. The van der Waals surface area contributed by atoms with Crippen LogP contribution in [-0.4, -0.2) is 41.5 Å². The van der Waals surface area contributed by atoms with Crippen LogP contribution in [0.5, 0.6) is 0 Å². The first kappa shape index (κ1) is 12.8. The molecule has 2 fully saturated rings. The van der Waals surface area contributed by atoms with Crippen LogP contribution < -0.4 is 11.1 Å². The van der Waals surface area contributed by atoms with Crippen molar-refractivity contribution in [3.63, 3.8) is 0 Å². The molecule has 3 N–H and O–H groups in total. The number of amides is 1. The molecule has 0 aromatic rings. The number of nitrogens with one attached hydrogen (secondary N) is 1. The fraction of sp³-hybridized carbons (Fsp3) is 0.923. The SMILES string of the molecule is CCC(C)NC1(C(N)=O)CC2CCC(C1)N2C. The van der Waals surface area contributed by atoms with E-state index in [1.807, 2.05) is 0 Å². The highest BCUT2D eigenvalue weighted by Gasteiger charge is 2.50. The van der Waals surface area contributed by atoms with Gasteiger partial charge in [-0.2, -0.15) is 0 Å². The van der Waals surface area contributed by atoms with Crippen molar-refractivity contribution in [2.24, 2.45) is 5.73 Å². The molecule has 17 heavy (non-hydrogen) atoms. The zero-order chi connectivity index (χ0) is 12.6. The van der Waals surface area contributed by atoms with Crippen LogP contribution >= 0.6 is 0 Å². The van der Waals surface area contributed by atoms with Crippen LogP contribution in [-0.2, 0) is 4.79 Å². The summed E-state index contributed by atoms with van der Waals surface area (Å²) in [5.41, 5.74) is 5.22. The summed E-state index contributed by atoms with van der Waals surface area (Å²) in [6.45, 7) is 4.26. The standard InChI is InChI=1S/C13H25N3O/c1-4-9(2)15-13(12(14)17)7-10-5-6-11(8-13)16(10)3/h9-11,15H,4-8H2,1-3H3,(H2,14,17). The van der Waals surface area contributed by atoms with Crippen LogP contribution in [0.1, 0.15) is 46.0 Å². The van der Waals surface area contributed by atoms with E-state index in [1.165, 1.54) is 12.8 Å². The van der Waals surface area contributed by atoms with E-state index < -0.39 is 5.54 Å². The Balaban J connectivity index is 2.17. The Morgan fingerprint density at radius 1 is 1.47 bits per heavy atom. The minimum Gasteiger partial charge on any atom is -0.368 e. The summed E-state index contributed by atoms with van der Waals surface area (Å²) in [7, 11) is 2.18. The second kappa shape index (κ2) is 4.58. The first-order valence-corrected chi connectivity index (χ1v) is 6.78. The van der Waals surface area contributed by atoms with Gasteiger partial charge in [-0.3, -0.25) is 4.79 Å². The Morgan fingerprint density at radius 2 is 2.00 bits per heavy atom. The molecule has 3 unspecified atom stereocenters. The molecule has 0 aromatic carbocycles. The highest BCUT2D eigenvalue weighted by molar-refractivity contribution is 5.85. The van der Waals surface area contributed by atoms with Crippen molar-refractivity contribution < 1.29 is 4.79 Å². The Labute approximate surface area is 104 Å². The molecule has 2 aliphatic heterocycles. The maximum Gasteiger partial charge on any atom is 0.237 e. The summed E-state index contributed by atoms with van der Waals surface area (Å²) in [6.07, 6.45) is 5.19. The highest BCUT2D eigenvalue weighted by atomic mass is 16.1. The van der Waals surface area contributed by atoms with Gasteiger partial charge in [-0.1, -0.05) is 6.92 Å². The van der Waals surface area contributed by atoms with Gasteiger partial charge in [-0.15, -0.1) is 0 Å². The number of piperidine rings is 1. The number of hydrogen-bond donors (Lipinski definition) is 2. The first-order valence-electron chi connectivity index (χ1n) is 6.78. The van der Waals surface area contributed by atoms with Gasteiger partial charge in [-0.05, 0) is 46.1 Å². The molecule has 2 rings (SSSR count). The van der Waals surface area contributed by atoms with Crippen molar-refractivity contribution in [2.45, 2.75) is 69.6 Å².